The predicted octanol–water partition coefficient (Wildman–Crippen LogP) is 6.54. The van der Waals surface area contributed by atoms with Crippen LogP contribution in [0.1, 0.15) is 85.1 Å². The van der Waals surface area contributed by atoms with Crippen LogP contribution in [0.2, 0.25) is 0 Å². The highest BCUT2D eigenvalue weighted by Crippen LogP contribution is 2.43. The highest BCUT2D eigenvalue weighted by atomic mass is 19.4. The van der Waals surface area contributed by atoms with Gasteiger partial charge in [-0.15, -0.1) is 0 Å². The number of hydrogen-bond acceptors (Lipinski definition) is 5. The molecule has 1 aromatic carbocycles. The topological polar surface area (TPSA) is 97.6 Å². The van der Waals surface area contributed by atoms with Gasteiger partial charge in [0.15, 0.2) is 5.65 Å². The average molecular weight is 630 g/mol. The number of amides is 2. The van der Waals surface area contributed by atoms with Crippen molar-refractivity contribution in [2.24, 2.45) is 11.8 Å². The Morgan fingerprint density at radius 2 is 1.73 bits per heavy atom. The maximum atomic E-state index is 14.0. The van der Waals surface area contributed by atoms with E-state index in [0.717, 1.165) is 18.9 Å². The minimum absolute atomic E-state index is 0.0204. The van der Waals surface area contributed by atoms with E-state index in [-0.39, 0.29) is 42.9 Å². The number of benzene rings is 1. The fourth-order valence-corrected chi connectivity index (χ4v) is 5.50. The summed E-state index contributed by atoms with van der Waals surface area (Å²) in [5.74, 6) is -4.82. The number of ether oxygens (including phenoxy) is 1. The molecule has 0 bridgehead atoms. The molecule has 2 fully saturated rings. The lowest BCUT2D eigenvalue weighted by atomic mass is 9.81. The number of alkyl halides is 7. The summed E-state index contributed by atoms with van der Waals surface area (Å²) in [4.78, 5) is 30.1. The minimum Gasteiger partial charge on any atom is -0.435 e. The molecule has 238 valence electrons. The van der Waals surface area contributed by atoms with Crippen LogP contribution >= 0.6 is 0 Å². The average Bonchev–Trinajstić information content (AvgIpc) is 3.71. The Labute approximate surface area is 247 Å². The number of hydrogen-bond donors (Lipinski definition) is 2. The van der Waals surface area contributed by atoms with E-state index in [4.69, 9.17) is 0 Å². The van der Waals surface area contributed by atoms with Crippen LogP contribution in [0.25, 0.3) is 5.65 Å². The molecule has 0 aliphatic heterocycles. The van der Waals surface area contributed by atoms with Gasteiger partial charge in [-0.2, -0.15) is 27.1 Å². The zero-order valence-electron chi connectivity index (χ0n) is 23.3. The standard InChI is InChI=1S/C29H30F7N5O3/c30-27(31)44-20-3-1-2-18(12-20)26(43)40-25(17-6-9-28(32,33)10-7-17)21-15-41-22(38-21)13-19(14-37-41)24(16-4-5-16)39-23(42)8-11-29(34,35)36/h1-3,12-17,24-25,27H,4-11H2,(H,39,42)(H,40,43)/t24?,25-/m0/s1. The van der Waals surface area contributed by atoms with E-state index in [9.17, 15) is 40.3 Å². The first-order valence-electron chi connectivity index (χ1n) is 14.2. The Bertz CT molecular complexity index is 1480. The van der Waals surface area contributed by atoms with Crippen molar-refractivity contribution < 1.29 is 45.1 Å². The molecule has 2 N–H and O–H groups in total. The van der Waals surface area contributed by atoms with Crippen molar-refractivity contribution in [2.45, 2.75) is 82.2 Å². The van der Waals surface area contributed by atoms with Crippen LogP contribution < -0.4 is 15.4 Å². The molecular formula is C29H30F7N5O3. The summed E-state index contributed by atoms with van der Waals surface area (Å²) >= 11 is 0. The van der Waals surface area contributed by atoms with Gasteiger partial charge in [-0.1, -0.05) is 6.07 Å². The Hall–Kier alpha value is -3.91. The number of carbonyl (C=O) groups is 2. The van der Waals surface area contributed by atoms with Crippen LogP contribution in [0, 0.1) is 11.8 Å². The third-order valence-corrected chi connectivity index (χ3v) is 7.92. The van der Waals surface area contributed by atoms with Crippen molar-refractivity contribution in [3.63, 3.8) is 0 Å². The van der Waals surface area contributed by atoms with Gasteiger partial charge in [0, 0.05) is 24.8 Å². The second kappa shape index (κ2) is 12.6. The zero-order valence-corrected chi connectivity index (χ0v) is 23.3. The lowest BCUT2D eigenvalue weighted by Crippen LogP contribution is -2.37. The van der Waals surface area contributed by atoms with Crippen molar-refractivity contribution in [1.82, 2.24) is 25.2 Å². The first-order valence-corrected chi connectivity index (χ1v) is 14.2. The fraction of sp³-hybridized carbons (Fsp3) is 0.517. The van der Waals surface area contributed by atoms with Gasteiger partial charge in [-0.3, -0.25) is 9.59 Å². The summed E-state index contributed by atoms with van der Waals surface area (Å²) in [6.45, 7) is -3.09. The summed E-state index contributed by atoms with van der Waals surface area (Å²) < 4.78 is 97.0. The molecule has 0 spiro atoms. The zero-order chi connectivity index (χ0) is 31.6. The molecule has 44 heavy (non-hydrogen) atoms. The van der Waals surface area contributed by atoms with Gasteiger partial charge in [-0.05, 0) is 67.3 Å². The predicted molar refractivity (Wildman–Crippen MR) is 142 cm³/mol. The molecule has 2 heterocycles. The van der Waals surface area contributed by atoms with E-state index in [1.165, 1.54) is 28.9 Å². The van der Waals surface area contributed by atoms with Crippen molar-refractivity contribution >= 4 is 17.5 Å². The number of nitrogens with zero attached hydrogens (tertiary/aromatic N) is 3. The number of halogens is 7. The van der Waals surface area contributed by atoms with Crippen molar-refractivity contribution in [1.29, 1.82) is 0 Å². The maximum Gasteiger partial charge on any atom is 0.389 e. The van der Waals surface area contributed by atoms with Gasteiger partial charge in [0.25, 0.3) is 5.91 Å². The molecule has 2 saturated carbocycles. The third-order valence-electron chi connectivity index (χ3n) is 7.92. The number of aromatic nitrogens is 3. The summed E-state index contributed by atoms with van der Waals surface area (Å²) in [7, 11) is 0. The summed E-state index contributed by atoms with van der Waals surface area (Å²) in [5, 5.41) is 9.86. The van der Waals surface area contributed by atoms with Crippen LogP contribution in [0.4, 0.5) is 30.7 Å². The minimum atomic E-state index is -4.46. The fourth-order valence-electron chi connectivity index (χ4n) is 5.50. The van der Waals surface area contributed by atoms with Crippen LogP contribution in [-0.2, 0) is 4.79 Å². The van der Waals surface area contributed by atoms with Gasteiger partial charge in [0.1, 0.15) is 5.75 Å². The highest BCUT2D eigenvalue weighted by Gasteiger charge is 2.40. The molecule has 2 aromatic heterocycles. The lowest BCUT2D eigenvalue weighted by molar-refractivity contribution is -0.144. The molecule has 2 aliphatic carbocycles. The number of carbonyl (C=O) groups excluding carboxylic acids is 2. The number of fused-ring (bicyclic) bond motifs is 1. The molecule has 5 rings (SSSR count). The molecule has 2 atom stereocenters. The van der Waals surface area contributed by atoms with Gasteiger partial charge >= 0.3 is 12.8 Å². The summed E-state index contributed by atoms with van der Waals surface area (Å²) in [6.07, 6.45) is -2.39. The van der Waals surface area contributed by atoms with Crippen LogP contribution in [-0.4, -0.2) is 45.1 Å². The normalized spacial score (nSPS) is 18.6. The van der Waals surface area contributed by atoms with Crippen LogP contribution in [0.5, 0.6) is 5.75 Å². The maximum absolute atomic E-state index is 14.0. The molecule has 0 saturated heterocycles. The molecule has 3 aromatic rings. The third kappa shape index (κ3) is 8.17. The quantitative estimate of drug-likeness (QED) is 0.235. The molecule has 2 amide bonds. The number of rotatable bonds is 11. The van der Waals surface area contributed by atoms with Crippen LogP contribution in [0.15, 0.2) is 42.7 Å². The first kappa shape index (κ1) is 31.5. The van der Waals surface area contributed by atoms with Gasteiger partial charge in [-0.25, -0.2) is 18.3 Å². The van der Waals surface area contributed by atoms with Crippen molar-refractivity contribution in [3.05, 3.63) is 59.5 Å². The molecule has 15 heteroatoms. The second-order valence-corrected chi connectivity index (χ2v) is 11.3. The Balaban J connectivity index is 1.39. The van der Waals surface area contributed by atoms with E-state index >= 15 is 0 Å². The molecule has 8 nitrogen and oxygen atoms in total. The van der Waals surface area contributed by atoms with Crippen molar-refractivity contribution in [2.75, 3.05) is 0 Å². The van der Waals surface area contributed by atoms with Crippen molar-refractivity contribution in [3.8, 4) is 5.75 Å². The van der Waals surface area contributed by atoms with Gasteiger partial charge in [0.2, 0.25) is 11.8 Å². The van der Waals surface area contributed by atoms with E-state index in [0.29, 0.717) is 16.9 Å². The molecule has 1 unspecified atom stereocenters. The Morgan fingerprint density at radius 3 is 2.39 bits per heavy atom. The summed E-state index contributed by atoms with van der Waals surface area (Å²) in [5.41, 5.74) is 1.22. The monoisotopic (exact) mass is 629 g/mol. The van der Waals surface area contributed by atoms with Gasteiger partial charge < -0.3 is 15.4 Å². The van der Waals surface area contributed by atoms with E-state index < -0.39 is 61.4 Å². The van der Waals surface area contributed by atoms with E-state index in [1.807, 2.05) is 0 Å². The highest BCUT2D eigenvalue weighted by molar-refractivity contribution is 5.94. The van der Waals surface area contributed by atoms with Gasteiger partial charge in [0.05, 0.1) is 36.6 Å². The summed E-state index contributed by atoms with van der Waals surface area (Å²) in [6, 6.07) is 5.43. The Kier molecular flexibility index (Phi) is 9.02. The first-order chi connectivity index (χ1) is 20.8. The molecular weight excluding hydrogens is 599 g/mol. The molecule has 0 radical (unpaired) electrons. The SMILES string of the molecule is O=C(CCC(F)(F)F)NC(c1cnn2cc([C@@H](NC(=O)c3cccc(OC(F)F)c3)C3CCC(F)(F)CC3)nc2c1)C1CC1. The smallest absolute Gasteiger partial charge is 0.389 e. The number of nitrogens with one attached hydrogen (secondary N) is 2. The Morgan fingerprint density at radius 1 is 1.02 bits per heavy atom. The second-order valence-electron chi connectivity index (χ2n) is 11.3. The molecule has 2 aliphatic rings. The largest absolute Gasteiger partial charge is 0.435 e. The van der Waals surface area contributed by atoms with E-state index in [2.05, 4.69) is 25.5 Å². The van der Waals surface area contributed by atoms with E-state index in [1.54, 1.807) is 12.3 Å². The van der Waals surface area contributed by atoms with Crippen LogP contribution in [0.3, 0.4) is 0 Å². The lowest BCUT2D eigenvalue weighted by Gasteiger charge is -2.33. The number of imidazole rings is 1.